The van der Waals surface area contributed by atoms with Crippen LogP contribution in [0.1, 0.15) is 22.8 Å². The number of nitrogens with one attached hydrogen (secondary N) is 1. The number of hydrogen-bond donors (Lipinski definition) is 1. The number of aromatic amines is 1. The molecule has 1 N–H and O–H groups in total. The SMILES string of the molecule is CCOC(=O)c1c[nH]c2cc(-c3ccc(OC)cc3)c(CN3CCOCC3)cc2c1=O. The van der Waals surface area contributed by atoms with Gasteiger partial charge >= 0.3 is 5.97 Å². The third-order valence-corrected chi connectivity index (χ3v) is 5.50. The minimum absolute atomic E-state index is 0.0175. The van der Waals surface area contributed by atoms with Gasteiger partial charge in [0.25, 0.3) is 0 Å². The number of esters is 1. The maximum atomic E-state index is 13.0. The lowest BCUT2D eigenvalue weighted by Gasteiger charge is -2.27. The number of methoxy groups -OCH3 is 1. The van der Waals surface area contributed by atoms with Crippen molar-refractivity contribution in [3.8, 4) is 16.9 Å². The van der Waals surface area contributed by atoms with Gasteiger partial charge in [0.15, 0.2) is 0 Å². The van der Waals surface area contributed by atoms with E-state index >= 15 is 0 Å². The summed E-state index contributed by atoms with van der Waals surface area (Å²) in [6.07, 6.45) is 1.43. The van der Waals surface area contributed by atoms with Crippen molar-refractivity contribution in [3.05, 3.63) is 63.9 Å². The Hall–Kier alpha value is -3.16. The van der Waals surface area contributed by atoms with Gasteiger partial charge in [-0.1, -0.05) is 12.1 Å². The fourth-order valence-corrected chi connectivity index (χ4v) is 3.84. The van der Waals surface area contributed by atoms with Gasteiger partial charge in [0.2, 0.25) is 5.43 Å². The number of H-pyrrole nitrogens is 1. The Balaban J connectivity index is 1.83. The largest absolute Gasteiger partial charge is 0.497 e. The fourth-order valence-electron chi connectivity index (χ4n) is 3.84. The van der Waals surface area contributed by atoms with E-state index in [0.29, 0.717) is 30.7 Å². The number of carbonyl (C=O) groups is 1. The molecule has 0 amide bonds. The van der Waals surface area contributed by atoms with Gasteiger partial charge in [0, 0.05) is 36.7 Å². The summed E-state index contributed by atoms with van der Waals surface area (Å²) in [6.45, 7) is 5.67. The molecule has 0 unspecified atom stereocenters. The van der Waals surface area contributed by atoms with E-state index in [9.17, 15) is 9.59 Å². The molecule has 0 aliphatic carbocycles. The van der Waals surface area contributed by atoms with E-state index in [0.717, 1.165) is 35.5 Å². The smallest absolute Gasteiger partial charge is 0.343 e. The van der Waals surface area contributed by atoms with E-state index in [1.54, 1.807) is 14.0 Å². The van der Waals surface area contributed by atoms with Crippen molar-refractivity contribution in [1.82, 2.24) is 9.88 Å². The van der Waals surface area contributed by atoms with Gasteiger partial charge in [-0.3, -0.25) is 9.69 Å². The summed E-state index contributed by atoms with van der Waals surface area (Å²) in [5.74, 6) is 0.173. The molecule has 2 aromatic carbocycles. The second-order valence-electron chi connectivity index (χ2n) is 7.42. The Morgan fingerprint density at radius 1 is 1.16 bits per heavy atom. The first-order chi connectivity index (χ1) is 15.1. The molecule has 7 nitrogen and oxygen atoms in total. The third kappa shape index (κ3) is 4.47. The minimum atomic E-state index is -0.611. The number of aromatic nitrogens is 1. The van der Waals surface area contributed by atoms with Gasteiger partial charge in [-0.25, -0.2) is 4.79 Å². The van der Waals surface area contributed by atoms with Crippen molar-refractivity contribution in [2.75, 3.05) is 40.0 Å². The highest BCUT2D eigenvalue weighted by Gasteiger charge is 2.18. The highest BCUT2D eigenvalue weighted by molar-refractivity contribution is 5.95. The Morgan fingerprint density at radius 2 is 1.90 bits per heavy atom. The number of nitrogens with zero attached hydrogens (tertiary/aromatic N) is 1. The average Bonchev–Trinajstić information content (AvgIpc) is 2.80. The average molecular weight is 422 g/mol. The van der Waals surface area contributed by atoms with Crippen LogP contribution in [0.4, 0.5) is 0 Å². The molecule has 7 heteroatoms. The van der Waals surface area contributed by atoms with Crippen LogP contribution in [0.3, 0.4) is 0 Å². The first kappa shape index (κ1) is 21.1. The van der Waals surface area contributed by atoms with E-state index in [4.69, 9.17) is 14.2 Å². The molecule has 0 bridgehead atoms. The fraction of sp³-hybridized carbons (Fsp3) is 0.333. The van der Waals surface area contributed by atoms with Gasteiger partial charge in [-0.2, -0.15) is 0 Å². The highest BCUT2D eigenvalue weighted by atomic mass is 16.5. The quantitative estimate of drug-likeness (QED) is 0.615. The van der Waals surface area contributed by atoms with Crippen LogP contribution in [0.5, 0.6) is 5.75 Å². The summed E-state index contributed by atoms with van der Waals surface area (Å²) in [5, 5.41) is 0.478. The highest BCUT2D eigenvalue weighted by Crippen LogP contribution is 2.30. The third-order valence-electron chi connectivity index (χ3n) is 5.50. The maximum absolute atomic E-state index is 13.0. The van der Waals surface area contributed by atoms with Crippen LogP contribution in [0, 0.1) is 0 Å². The predicted molar refractivity (Wildman–Crippen MR) is 119 cm³/mol. The molecule has 1 aliphatic rings. The summed E-state index contributed by atoms with van der Waals surface area (Å²) in [6, 6.07) is 11.7. The number of carbonyl (C=O) groups excluding carboxylic acids is 1. The molecule has 0 saturated carbocycles. The van der Waals surface area contributed by atoms with Gasteiger partial charge in [-0.15, -0.1) is 0 Å². The zero-order valence-electron chi connectivity index (χ0n) is 17.8. The second kappa shape index (κ2) is 9.32. The van der Waals surface area contributed by atoms with E-state index in [-0.39, 0.29) is 17.6 Å². The Kier molecular flexibility index (Phi) is 6.34. The molecule has 1 saturated heterocycles. The summed E-state index contributed by atoms with van der Waals surface area (Å²) in [5.41, 5.74) is 3.45. The summed E-state index contributed by atoms with van der Waals surface area (Å²) < 4.78 is 15.8. The Labute approximate surface area is 180 Å². The van der Waals surface area contributed by atoms with Gasteiger partial charge in [0.05, 0.1) is 26.9 Å². The molecular formula is C24H26N2O5. The molecule has 0 radical (unpaired) electrons. The normalized spacial score (nSPS) is 14.5. The molecule has 1 fully saturated rings. The molecule has 1 aliphatic heterocycles. The van der Waals surface area contributed by atoms with Crippen LogP contribution in [0.15, 0.2) is 47.4 Å². The molecule has 2 heterocycles. The van der Waals surface area contributed by atoms with Crippen molar-refractivity contribution >= 4 is 16.9 Å². The molecular weight excluding hydrogens is 396 g/mol. The summed E-state index contributed by atoms with van der Waals surface area (Å²) in [7, 11) is 1.64. The number of rotatable bonds is 6. The molecule has 3 aromatic rings. The molecule has 1 aromatic heterocycles. The van der Waals surface area contributed by atoms with Crippen LogP contribution in [-0.2, 0) is 16.0 Å². The molecule has 162 valence electrons. The topological polar surface area (TPSA) is 80.9 Å². The summed E-state index contributed by atoms with van der Waals surface area (Å²) >= 11 is 0. The Morgan fingerprint density at radius 3 is 2.58 bits per heavy atom. The monoisotopic (exact) mass is 422 g/mol. The minimum Gasteiger partial charge on any atom is -0.497 e. The van der Waals surface area contributed by atoms with E-state index in [1.165, 1.54) is 6.20 Å². The standard InChI is InChI=1S/C24H26N2O5/c1-3-31-24(28)21-14-25-22-13-19(16-4-6-18(29-2)7-5-16)17(12-20(22)23(21)27)15-26-8-10-30-11-9-26/h4-7,12-14H,3,8-11,15H2,1-2H3,(H,25,27). The lowest BCUT2D eigenvalue weighted by Crippen LogP contribution is -2.35. The number of fused-ring (bicyclic) bond motifs is 1. The van der Waals surface area contributed by atoms with Gasteiger partial charge < -0.3 is 19.2 Å². The number of hydrogen-bond acceptors (Lipinski definition) is 6. The van der Waals surface area contributed by atoms with E-state index < -0.39 is 5.97 Å². The molecule has 0 atom stereocenters. The van der Waals surface area contributed by atoms with E-state index in [1.807, 2.05) is 36.4 Å². The predicted octanol–water partition coefficient (Wildman–Crippen LogP) is 3.21. The van der Waals surface area contributed by atoms with Crippen molar-refractivity contribution in [3.63, 3.8) is 0 Å². The second-order valence-corrected chi connectivity index (χ2v) is 7.42. The van der Waals surface area contributed by atoms with Gasteiger partial charge in [-0.05, 0) is 47.9 Å². The lowest BCUT2D eigenvalue weighted by molar-refractivity contribution is 0.0342. The van der Waals surface area contributed by atoms with Crippen LogP contribution in [-0.4, -0.2) is 55.9 Å². The number of pyridine rings is 1. The van der Waals surface area contributed by atoms with Gasteiger partial charge in [0.1, 0.15) is 11.3 Å². The summed E-state index contributed by atoms with van der Waals surface area (Å²) in [4.78, 5) is 30.6. The number of ether oxygens (including phenoxy) is 3. The first-order valence-corrected chi connectivity index (χ1v) is 10.4. The molecule has 4 rings (SSSR count). The van der Waals surface area contributed by atoms with Crippen molar-refractivity contribution in [2.24, 2.45) is 0 Å². The van der Waals surface area contributed by atoms with E-state index in [2.05, 4.69) is 9.88 Å². The zero-order chi connectivity index (χ0) is 21.8. The van der Waals surface area contributed by atoms with Crippen LogP contribution in [0.2, 0.25) is 0 Å². The Bertz CT molecular complexity index is 1130. The van der Waals surface area contributed by atoms with Crippen LogP contribution >= 0.6 is 0 Å². The van der Waals surface area contributed by atoms with Crippen molar-refractivity contribution < 1.29 is 19.0 Å². The molecule has 31 heavy (non-hydrogen) atoms. The molecule has 0 spiro atoms. The number of morpholine rings is 1. The first-order valence-electron chi connectivity index (χ1n) is 10.4. The van der Waals surface area contributed by atoms with Crippen molar-refractivity contribution in [2.45, 2.75) is 13.5 Å². The maximum Gasteiger partial charge on any atom is 0.343 e. The number of benzene rings is 2. The zero-order valence-corrected chi connectivity index (χ0v) is 17.8. The lowest BCUT2D eigenvalue weighted by atomic mass is 9.96. The van der Waals surface area contributed by atoms with Crippen molar-refractivity contribution in [1.29, 1.82) is 0 Å². The van der Waals surface area contributed by atoms with Crippen LogP contribution < -0.4 is 10.2 Å². The van der Waals surface area contributed by atoms with Crippen LogP contribution in [0.25, 0.3) is 22.0 Å².